The topological polar surface area (TPSA) is 85.5 Å². The van der Waals surface area contributed by atoms with E-state index in [4.69, 9.17) is 9.26 Å². The normalized spacial score (nSPS) is 30.5. The molecule has 118 valence electrons. The molecule has 7 nitrogen and oxygen atoms in total. The Labute approximate surface area is 124 Å². The molecule has 2 atom stereocenters. The third kappa shape index (κ3) is 2.49. The fraction of sp³-hybridized carbons (Fsp3) is 0.846. The van der Waals surface area contributed by atoms with Crippen molar-refractivity contribution in [2.75, 3.05) is 25.4 Å². The van der Waals surface area contributed by atoms with Crippen molar-refractivity contribution >= 4 is 10.0 Å². The fourth-order valence-corrected chi connectivity index (χ4v) is 4.92. The molecule has 3 rings (SSSR count). The molecule has 0 N–H and O–H groups in total. The quantitative estimate of drug-likeness (QED) is 0.819. The number of hydrogen-bond donors (Lipinski definition) is 0. The minimum atomic E-state index is -3.22. The molecule has 0 aliphatic carbocycles. The smallest absolute Gasteiger partial charge is 0.236 e. The molecule has 1 aromatic rings. The Balaban J connectivity index is 1.93. The number of piperidine rings is 1. The number of aryl methyl sites for hydroxylation is 1. The number of ether oxygens (including phenoxy) is 1. The van der Waals surface area contributed by atoms with Crippen molar-refractivity contribution in [1.29, 1.82) is 0 Å². The van der Waals surface area contributed by atoms with Gasteiger partial charge >= 0.3 is 0 Å². The van der Waals surface area contributed by atoms with Gasteiger partial charge in [0, 0.05) is 19.7 Å². The van der Waals surface area contributed by atoms with Crippen LogP contribution in [0.15, 0.2) is 4.52 Å². The molecule has 3 heterocycles. The van der Waals surface area contributed by atoms with Gasteiger partial charge in [-0.3, -0.25) is 0 Å². The number of nitrogens with zero attached hydrogens (tertiary/aromatic N) is 3. The first-order chi connectivity index (χ1) is 9.98. The van der Waals surface area contributed by atoms with Gasteiger partial charge in [0.15, 0.2) is 5.82 Å². The van der Waals surface area contributed by atoms with Crippen LogP contribution in [0.2, 0.25) is 0 Å². The molecular formula is C13H21N3O4S. The summed E-state index contributed by atoms with van der Waals surface area (Å²) in [6.07, 6.45) is 1.97. The summed E-state index contributed by atoms with van der Waals surface area (Å²) >= 11 is 0. The SMILES string of the molecule is CCCS(=O)(=O)N1CC[C@H]2OCC[C@]2(c2nc(C)no2)C1. The zero-order chi connectivity index (χ0) is 15.1. The number of sulfonamides is 1. The van der Waals surface area contributed by atoms with E-state index in [0.717, 1.165) is 6.42 Å². The van der Waals surface area contributed by atoms with Gasteiger partial charge in [0.1, 0.15) is 0 Å². The largest absolute Gasteiger partial charge is 0.377 e. The molecule has 0 bridgehead atoms. The van der Waals surface area contributed by atoms with Crippen molar-refractivity contribution in [3.63, 3.8) is 0 Å². The Bertz CT molecular complexity index is 615. The number of aromatic nitrogens is 2. The predicted molar refractivity (Wildman–Crippen MR) is 75.3 cm³/mol. The lowest BCUT2D eigenvalue weighted by Gasteiger charge is -2.40. The van der Waals surface area contributed by atoms with E-state index >= 15 is 0 Å². The summed E-state index contributed by atoms with van der Waals surface area (Å²) in [7, 11) is -3.22. The maximum atomic E-state index is 12.4. The van der Waals surface area contributed by atoms with Crippen molar-refractivity contribution in [2.45, 2.75) is 44.6 Å². The van der Waals surface area contributed by atoms with Crippen LogP contribution >= 0.6 is 0 Å². The van der Waals surface area contributed by atoms with Crippen LogP contribution in [0, 0.1) is 6.92 Å². The van der Waals surface area contributed by atoms with Gasteiger partial charge in [0.2, 0.25) is 15.9 Å². The van der Waals surface area contributed by atoms with Gasteiger partial charge in [-0.2, -0.15) is 4.98 Å². The van der Waals surface area contributed by atoms with E-state index in [1.807, 2.05) is 6.92 Å². The second kappa shape index (κ2) is 5.33. The minimum Gasteiger partial charge on any atom is -0.377 e. The highest BCUT2D eigenvalue weighted by Gasteiger charge is 2.54. The number of fused-ring (bicyclic) bond motifs is 1. The second-order valence-electron chi connectivity index (χ2n) is 5.85. The van der Waals surface area contributed by atoms with Crippen LogP contribution in [-0.2, 0) is 20.2 Å². The van der Waals surface area contributed by atoms with Gasteiger partial charge in [-0.15, -0.1) is 0 Å². The van der Waals surface area contributed by atoms with Gasteiger partial charge < -0.3 is 9.26 Å². The highest BCUT2D eigenvalue weighted by atomic mass is 32.2. The van der Waals surface area contributed by atoms with Crippen molar-refractivity contribution in [2.24, 2.45) is 0 Å². The van der Waals surface area contributed by atoms with Crippen LogP contribution in [-0.4, -0.2) is 54.4 Å². The summed E-state index contributed by atoms with van der Waals surface area (Å²) in [6, 6.07) is 0. The summed E-state index contributed by atoms with van der Waals surface area (Å²) in [5.41, 5.74) is -0.486. The third-order valence-electron chi connectivity index (χ3n) is 4.39. The zero-order valence-electron chi connectivity index (χ0n) is 12.4. The maximum absolute atomic E-state index is 12.4. The van der Waals surface area contributed by atoms with E-state index in [-0.39, 0.29) is 11.9 Å². The molecule has 0 unspecified atom stereocenters. The van der Waals surface area contributed by atoms with Crippen molar-refractivity contribution < 1.29 is 17.7 Å². The molecule has 0 saturated carbocycles. The van der Waals surface area contributed by atoms with Crippen LogP contribution < -0.4 is 0 Å². The predicted octanol–water partition coefficient (Wildman–Crippen LogP) is 0.850. The molecule has 0 aromatic carbocycles. The second-order valence-corrected chi connectivity index (χ2v) is 7.94. The summed E-state index contributed by atoms with van der Waals surface area (Å²) in [6.45, 7) is 5.13. The lowest BCUT2D eigenvalue weighted by atomic mass is 9.77. The minimum absolute atomic E-state index is 0.0366. The maximum Gasteiger partial charge on any atom is 0.236 e. The average Bonchev–Trinajstić information content (AvgIpc) is 3.04. The Morgan fingerprint density at radius 3 is 2.95 bits per heavy atom. The van der Waals surface area contributed by atoms with Gasteiger partial charge in [-0.25, -0.2) is 12.7 Å². The van der Waals surface area contributed by atoms with Crippen LogP contribution in [0.1, 0.15) is 37.9 Å². The molecule has 8 heteroatoms. The average molecular weight is 315 g/mol. The molecule has 2 aliphatic heterocycles. The lowest BCUT2D eigenvalue weighted by molar-refractivity contribution is 0.0276. The first-order valence-corrected chi connectivity index (χ1v) is 8.99. The summed E-state index contributed by atoms with van der Waals surface area (Å²) in [4.78, 5) is 4.35. The zero-order valence-corrected chi connectivity index (χ0v) is 13.2. The van der Waals surface area contributed by atoms with E-state index in [0.29, 0.717) is 44.3 Å². The van der Waals surface area contributed by atoms with Crippen LogP contribution in [0.5, 0.6) is 0 Å². The summed E-state index contributed by atoms with van der Waals surface area (Å²) in [5, 5.41) is 3.86. The molecule has 21 heavy (non-hydrogen) atoms. The van der Waals surface area contributed by atoms with Crippen LogP contribution in [0.3, 0.4) is 0 Å². The van der Waals surface area contributed by atoms with Gasteiger partial charge in [0.25, 0.3) is 0 Å². The molecule has 2 aliphatic rings. The van der Waals surface area contributed by atoms with E-state index in [1.54, 1.807) is 11.2 Å². The molecule has 1 aromatic heterocycles. The van der Waals surface area contributed by atoms with E-state index in [1.165, 1.54) is 0 Å². The molecule has 0 radical (unpaired) electrons. The highest BCUT2D eigenvalue weighted by molar-refractivity contribution is 7.89. The van der Waals surface area contributed by atoms with Crippen molar-refractivity contribution in [1.82, 2.24) is 14.4 Å². The van der Waals surface area contributed by atoms with E-state index < -0.39 is 15.4 Å². The van der Waals surface area contributed by atoms with Crippen molar-refractivity contribution in [3.8, 4) is 0 Å². The van der Waals surface area contributed by atoms with E-state index in [2.05, 4.69) is 10.1 Å². The highest BCUT2D eigenvalue weighted by Crippen LogP contribution is 2.43. The summed E-state index contributed by atoms with van der Waals surface area (Å²) in [5.74, 6) is 1.26. The lowest BCUT2D eigenvalue weighted by Crippen LogP contribution is -2.54. The molecule has 2 fully saturated rings. The Morgan fingerprint density at radius 2 is 2.29 bits per heavy atom. The molecule has 0 amide bonds. The first kappa shape index (κ1) is 14.9. The molecular weight excluding hydrogens is 294 g/mol. The fourth-order valence-electron chi connectivity index (χ4n) is 3.34. The molecule has 2 saturated heterocycles. The first-order valence-electron chi connectivity index (χ1n) is 7.38. The third-order valence-corrected chi connectivity index (χ3v) is 6.41. The van der Waals surface area contributed by atoms with Gasteiger partial charge in [0.05, 0.1) is 17.3 Å². The Hall–Kier alpha value is -0.990. The van der Waals surface area contributed by atoms with Gasteiger partial charge in [-0.1, -0.05) is 12.1 Å². The Morgan fingerprint density at radius 1 is 1.48 bits per heavy atom. The van der Waals surface area contributed by atoms with Crippen LogP contribution in [0.25, 0.3) is 0 Å². The van der Waals surface area contributed by atoms with Crippen LogP contribution in [0.4, 0.5) is 0 Å². The van der Waals surface area contributed by atoms with E-state index in [9.17, 15) is 8.42 Å². The van der Waals surface area contributed by atoms with Gasteiger partial charge in [-0.05, 0) is 26.2 Å². The standard InChI is InChI=1S/C13H21N3O4S/c1-3-8-21(17,18)16-6-4-11-13(9-16,5-7-19-11)12-14-10(2)15-20-12/h11H,3-9H2,1-2H3/t11-,13+/m1/s1. The number of rotatable bonds is 4. The summed E-state index contributed by atoms with van der Waals surface area (Å²) < 4.78 is 37.5. The Kier molecular flexibility index (Phi) is 3.79. The molecule has 0 spiro atoms. The van der Waals surface area contributed by atoms with Crippen molar-refractivity contribution in [3.05, 3.63) is 11.7 Å². The number of hydrogen-bond acceptors (Lipinski definition) is 6. The monoisotopic (exact) mass is 315 g/mol.